The number of carbonyl (C=O) groups excluding carboxylic acids is 2. The zero-order valence-corrected chi connectivity index (χ0v) is 10.8. The van der Waals surface area contributed by atoms with Crippen LogP contribution >= 0.6 is 0 Å². The van der Waals surface area contributed by atoms with Gasteiger partial charge in [0.25, 0.3) is 0 Å². The van der Waals surface area contributed by atoms with E-state index < -0.39 is 0 Å². The fourth-order valence-electron chi connectivity index (χ4n) is 1.59. The molecule has 0 bridgehead atoms. The Hall–Kier alpha value is -1.10. The second kappa shape index (κ2) is 6.59. The van der Waals surface area contributed by atoms with E-state index in [-0.39, 0.29) is 31.1 Å². The lowest BCUT2D eigenvalue weighted by Crippen LogP contribution is -2.38. The maximum absolute atomic E-state index is 11.5. The van der Waals surface area contributed by atoms with Crippen molar-refractivity contribution in [3.63, 3.8) is 0 Å². The summed E-state index contributed by atoms with van der Waals surface area (Å²) in [6, 6.07) is 0.333. The summed E-state index contributed by atoms with van der Waals surface area (Å²) in [6.07, 6.45) is 1.95. The molecule has 98 valence electrons. The van der Waals surface area contributed by atoms with Gasteiger partial charge in [-0.25, -0.2) is 0 Å². The molecule has 1 saturated carbocycles. The minimum Gasteiger partial charge on any atom is -0.465 e. The molecule has 17 heavy (non-hydrogen) atoms. The van der Waals surface area contributed by atoms with Crippen LogP contribution in [0.5, 0.6) is 0 Å². The molecule has 0 amide bonds. The molecule has 0 aliphatic heterocycles. The lowest BCUT2D eigenvalue weighted by molar-refractivity contribution is -0.151. The first-order valence-corrected chi connectivity index (χ1v) is 6.12. The van der Waals surface area contributed by atoms with Crippen molar-refractivity contribution >= 4 is 11.9 Å². The Labute approximate surface area is 102 Å². The molecule has 1 fully saturated rings. The first-order chi connectivity index (χ1) is 8.02. The van der Waals surface area contributed by atoms with Crippen molar-refractivity contribution in [3.05, 3.63) is 0 Å². The fraction of sp³-hybridized carbons (Fsp3) is 0.833. The highest BCUT2D eigenvalue weighted by atomic mass is 16.5. The number of carbonyl (C=O) groups is 2. The van der Waals surface area contributed by atoms with Gasteiger partial charge < -0.3 is 9.47 Å². The van der Waals surface area contributed by atoms with Crippen molar-refractivity contribution in [2.75, 3.05) is 19.7 Å². The van der Waals surface area contributed by atoms with Gasteiger partial charge in [-0.1, -0.05) is 0 Å². The first kappa shape index (κ1) is 14.0. The highest BCUT2D eigenvalue weighted by Crippen LogP contribution is 2.26. The monoisotopic (exact) mass is 243 g/mol. The van der Waals surface area contributed by atoms with Crippen LogP contribution in [0, 0.1) is 0 Å². The molecule has 0 atom stereocenters. The minimum atomic E-state index is -0.281. The molecule has 5 nitrogen and oxygen atoms in total. The molecule has 0 aromatic carbocycles. The molecule has 0 spiro atoms. The first-order valence-electron chi connectivity index (χ1n) is 6.12. The highest BCUT2D eigenvalue weighted by molar-refractivity contribution is 5.75. The van der Waals surface area contributed by atoms with Gasteiger partial charge in [0.05, 0.1) is 25.8 Å². The third kappa shape index (κ3) is 5.68. The van der Waals surface area contributed by atoms with Crippen LogP contribution in [0.1, 0.15) is 33.6 Å². The number of esters is 2. The smallest absolute Gasteiger partial charge is 0.320 e. The van der Waals surface area contributed by atoms with Crippen LogP contribution < -0.4 is 0 Å². The lowest BCUT2D eigenvalue weighted by Gasteiger charge is -2.20. The van der Waals surface area contributed by atoms with Gasteiger partial charge in [0.15, 0.2) is 0 Å². The van der Waals surface area contributed by atoms with Crippen LogP contribution in [-0.2, 0) is 19.1 Å². The summed E-state index contributed by atoms with van der Waals surface area (Å²) in [5.74, 6) is -0.562. The van der Waals surface area contributed by atoms with Crippen LogP contribution in [0.3, 0.4) is 0 Å². The van der Waals surface area contributed by atoms with E-state index in [9.17, 15) is 9.59 Å². The van der Waals surface area contributed by atoms with E-state index in [2.05, 4.69) is 0 Å². The van der Waals surface area contributed by atoms with Crippen LogP contribution in [0.25, 0.3) is 0 Å². The maximum Gasteiger partial charge on any atom is 0.320 e. The van der Waals surface area contributed by atoms with Gasteiger partial charge >= 0.3 is 11.9 Å². The summed E-state index contributed by atoms with van der Waals surface area (Å²) in [4.78, 5) is 24.7. The predicted molar refractivity (Wildman–Crippen MR) is 62.5 cm³/mol. The van der Waals surface area contributed by atoms with E-state index in [1.165, 1.54) is 0 Å². The van der Waals surface area contributed by atoms with Gasteiger partial charge in [0.2, 0.25) is 0 Å². The predicted octanol–water partition coefficient (Wildman–Crippen LogP) is 0.965. The number of ether oxygens (including phenoxy) is 2. The number of rotatable bonds is 7. The molecular weight excluding hydrogens is 222 g/mol. The zero-order valence-electron chi connectivity index (χ0n) is 10.8. The summed E-state index contributed by atoms with van der Waals surface area (Å²) >= 11 is 0. The van der Waals surface area contributed by atoms with Gasteiger partial charge in [-0.05, 0) is 33.6 Å². The summed E-state index contributed by atoms with van der Waals surface area (Å²) in [5, 5.41) is 0. The van der Waals surface area contributed by atoms with Gasteiger partial charge in [0.1, 0.15) is 0 Å². The molecule has 0 aromatic rings. The van der Waals surface area contributed by atoms with Gasteiger partial charge in [-0.3, -0.25) is 14.5 Å². The van der Waals surface area contributed by atoms with Crippen LogP contribution in [-0.4, -0.2) is 48.7 Å². The van der Waals surface area contributed by atoms with Crippen molar-refractivity contribution in [2.45, 2.75) is 45.8 Å². The molecule has 0 heterocycles. The average molecular weight is 243 g/mol. The summed E-state index contributed by atoms with van der Waals surface area (Å²) in [5.41, 5.74) is 0. The molecule has 0 saturated heterocycles. The summed E-state index contributed by atoms with van der Waals surface area (Å²) in [7, 11) is 0. The van der Waals surface area contributed by atoms with Crippen LogP contribution in [0.4, 0.5) is 0 Å². The quantitative estimate of drug-likeness (QED) is 0.623. The Balaban J connectivity index is 2.38. The van der Waals surface area contributed by atoms with Gasteiger partial charge in [-0.15, -0.1) is 0 Å². The molecular formula is C12H21NO4. The van der Waals surface area contributed by atoms with Gasteiger partial charge in [0, 0.05) is 6.04 Å². The van der Waals surface area contributed by atoms with Crippen molar-refractivity contribution in [3.8, 4) is 0 Å². The number of nitrogens with zero attached hydrogens (tertiary/aromatic N) is 1. The summed E-state index contributed by atoms with van der Waals surface area (Å²) < 4.78 is 9.95. The third-order valence-corrected chi connectivity index (χ3v) is 2.40. The molecule has 1 aliphatic rings. The minimum absolute atomic E-state index is 0.119. The molecule has 0 radical (unpaired) electrons. The van der Waals surface area contributed by atoms with Crippen molar-refractivity contribution in [1.29, 1.82) is 0 Å². The topological polar surface area (TPSA) is 55.8 Å². The second-order valence-electron chi connectivity index (χ2n) is 4.48. The molecule has 0 unspecified atom stereocenters. The average Bonchev–Trinajstić information content (AvgIpc) is 2.98. The van der Waals surface area contributed by atoms with Crippen molar-refractivity contribution in [1.82, 2.24) is 4.90 Å². The largest absolute Gasteiger partial charge is 0.465 e. The third-order valence-electron chi connectivity index (χ3n) is 2.40. The zero-order chi connectivity index (χ0) is 12.8. The van der Waals surface area contributed by atoms with E-state index in [0.29, 0.717) is 12.6 Å². The second-order valence-corrected chi connectivity index (χ2v) is 4.48. The molecule has 0 aromatic heterocycles. The molecule has 1 aliphatic carbocycles. The normalized spacial score (nSPS) is 15.1. The molecule has 0 N–H and O–H groups in total. The van der Waals surface area contributed by atoms with E-state index in [4.69, 9.17) is 9.47 Å². The Morgan fingerprint density at radius 3 is 2.29 bits per heavy atom. The number of hydrogen-bond acceptors (Lipinski definition) is 5. The molecule has 1 rings (SSSR count). The molecule has 5 heteroatoms. The highest BCUT2D eigenvalue weighted by Gasteiger charge is 2.32. The Morgan fingerprint density at radius 1 is 1.24 bits per heavy atom. The van der Waals surface area contributed by atoms with Crippen LogP contribution in [0.15, 0.2) is 0 Å². The maximum atomic E-state index is 11.5. The van der Waals surface area contributed by atoms with Crippen molar-refractivity contribution in [2.24, 2.45) is 0 Å². The van der Waals surface area contributed by atoms with E-state index >= 15 is 0 Å². The van der Waals surface area contributed by atoms with E-state index in [1.807, 2.05) is 18.7 Å². The summed E-state index contributed by atoms with van der Waals surface area (Å²) in [6.45, 7) is 6.10. The van der Waals surface area contributed by atoms with Crippen LogP contribution in [0.2, 0.25) is 0 Å². The standard InChI is InChI=1S/C12H21NO4/c1-4-16-11(14)7-13(10-5-6-10)8-12(15)17-9(2)3/h9-10H,4-8H2,1-3H3. The van der Waals surface area contributed by atoms with E-state index in [1.54, 1.807) is 6.92 Å². The number of hydrogen-bond donors (Lipinski definition) is 0. The van der Waals surface area contributed by atoms with Gasteiger partial charge in [-0.2, -0.15) is 0 Å². The Bertz CT molecular complexity index is 274. The Kier molecular flexibility index (Phi) is 5.41. The Morgan fingerprint density at radius 2 is 1.82 bits per heavy atom. The van der Waals surface area contributed by atoms with E-state index in [0.717, 1.165) is 12.8 Å². The van der Waals surface area contributed by atoms with Crippen molar-refractivity contribution < 1.29 is 19.1 Å². The SMILES string of the molecule is CCOC(=O)CN(CC(=O)OC(C)C)C1CC1. The lowest BCUT2D eigenvalue weighted by atomic mass is 10.4. The fourth-order valence-corrected chi connectivity index (χ4v) is 1.59.